The van der Waals surface area contributed by atoms with Gasteiger partial charge in [-0.15, -0.1) is 5.10 Å². The molecule has 1 fully saturated rings. The molecule has 3 N–H and O–H groups in total. The highest BCUT2D eigenvalue weighted by Crippen LogP contribution is 2.49. The lowest BCUT2D eigenvalue weighted by Gasteiger charge is -2.48. The van der Waals surface area contributed by atoms with Gasteiger partial charge in [-0.05, 0) is 28.1 Å². The highest BCUT2D eigenvalue weighted by Gasteiger charge is 2.64. The van der Waals surface area contributed by atoms with Crippen LogP contribution in [0.2, 0.25) is 9.49 Å². The monoisotopic (exact) mass is 621 g/mol. The maximum Gasteiger partial charge on any atom is 0.418 e. The van der Waals surface area contributed by atoms with Crippen molar-refractivity contribution in [1.29, 1.82) is 0 Å². The van der Waals surface area contributed by atoms with Gasteiger partial charge in [0.2, 0.25) is 0 Å². The Hall–Kier alpha value is -1.04. The van der Waals surface area contributed by atoms with Crippen molar-refractivity contribution in [3.63, 3.8) is 0 Å². The lowest BCUT2D eigenvalue weighted by Crippen LogP contribution is -2.65. The number of nitrogens with zero attached hydrogens (tertiary/aromatic N) is 5. The molecule has 17 heteroatoms. The fraction of sp³-hybridized carbons (Fsp3) is 0.412. The maximum absolute atomic E-state index is 13.5. The normalized spacial score (nSPS) is 28.7. The van der Waals surface area contributed by atoms with E-state index in [0.29, 0.717) is 4.90 Å². The van der Waals surface area contributed by atoms with E-state index in [1.165, 1.54) is 18.6 Å². The van der Waals surface area contributed by atoms with Gasteiger partial charge < -0.3 is 20.1 Å². The zero-order valence-electron chi connectivity index (χ0n) is 16.3. The Morgan fingerprint density at radius 1 is 1.32 bits per heavy atom. The first-order valence-electron chi connectivity index (χ1n) is 9.20. The first-order valence-corrected chi connectivity index (χ1v) is 12.4. The number of rotatable bonds is 5. The van der Waals surface area contributed by atoms with Gasteiger partial charge in [0.1, 0.15) is 38.7 Å². The van der Waals surface area contributed by atoms with E-state index in [-0.39, 0.29) is 20.2 Å². The van der Waals surface area contributed by atoms with Crippen molar-refractivity contribution in [3.05, 3.63) is 40.2 Å². The van der Waals surface area contributed by atoms with Gasteiger partial charge >= 0.3 is 6.18 Å². The van der Waals surface area contributed by atoms with Crippen LogP contribution in [0.4, 0.5) is 13.2 Å². The fourth-order valence-electron chi connectivity index (χ4n) is 3.21. The minimum Gasteiger partial charge on any atom is -0.387 e. The van der Waals surface area contributed by atoms with Crippen molar-refractivity contribution in [2.45, 2.75) is 45.4 Å². The van der Waals surface area contributed by atoms with Crippen LogP contribution in [-0.2, 0) is 4.74 Å². The summed E-state index contributed by atoms with van der Waals surface area (Å²) in [7, 11) is 0. The number of alkyl halides is 4. The van der Waals surface area contributed by atoms with E-state index in [9.17, 15) is 28.5 Å². The minimum absolute atomic E-state index is 0.0306. The van der Waals surface area contributed by atoms with Gasteiger partial charge in [-0.2, -0.15) is 13.2 Å². The predicted molar refractivity (Wildman–Crippen MR) is 121 cm³/mol. The molecule has 4 rings (SSSR count). The molecule has 0 spiro atoms. The Morgan fingerprint density at radius 2 is 2.06 bits per heavy atom. The van der Waals surface area contributed by atoms with Crippen molar-refractivity contribution in [2.24, 2.45) is 0 Å². The number of aromatic nitrogens is 5. The molecule has 1 aliphatic rings. The third-order valence-electron chi connectivity index (χ3n) is 4.80. The summed E-state index contributed by atoms with van der Waals surface area (Å²) in [5, 5.41) is 40.0. The topological polar surface area (TPSA) is 126 Å². The molecule has 0 bridgehead atoms. The predicted octanol–water partition coefficient (Wildman–Crippen LogP) is 3.53. The molecule has 0 saturated carbocycles. The number of hydrogen-bond acceptors (Lipinski definition) is 10. The van der Waals surface area contributed by atoms with E-state index in [0.717, 1.165) is 27.8 Å². The minimum atomic E-state index is -5.16. The molecule has 3 aromatic rings. The van der Waals surface area contributed by atoms with Crippen LogP contribution in [0.15, 0.2) is 35.6 Å². The second-order valence-electron chi connectivity index (χ2n) is 7.03. The number of hydrogen-bond donors (Lipinski definition) is 3. The SMILES string of the molecule is OC(C(F)(F)F)[C@@]1(Br)O[C@H](Sc2cccnc2)[C@H](O)[C@@H](n2cc(-c3nc(Cl)c(Cl)s3)nn2)[C@H]1O. The van der Waals surface area contributed by atoms with Crippen LogP contribution in [0.1, 0.15) is 6.04 Å². The lowest BCUT2D eigenvalue weighted by molar-refractivity contribution is -0.286. The van der Waals surface area contributed by atoms with Gasteiger partial charge in [0.25, 0.3) is 0 Å². The quantitative estimate of drug-likeness (QED) is 0.366. The molecule has 6 atom stereocenters. The van der Waals surface area contributed by atoms with Gasteiger partial charge in [-0.1, -0.05) is 51.5 Å². The summed E-state index contributed by atoms with van der Waals surface area (Å²) in [4.78, 5) is 8.40. The van der Waals surface area contributed by atoms with Gasteiger partial charge in [-0.3, -0.25) is 4.98 Å². The summed E-state index contributed by atoms with van der Waals surface area (Å²) >= 11 is 16.4. The molecule has 1 aliphatic heterocycles. The van der Waals surface area contributed by atoms with Crippen LogP contribution in [-0.4, -0.2) is 74.7 Å². The van der Waals surface area contributed by atoms with E-state index in [4.69, 9.17) is 27.9 Å². The Balaban J connectivity index is 1.73. The van der Waals surface area contributed by atoms with E-state index in [2.05, 4.69) is 36.2 Å². The third-order valence-corrected chi connectivity index (χ3v) is 8.77. The number of aliphatic hydroxyl groups is 3. The van der Waals surface area contributed by atoms with Crippen LogP contribution >= 0.6 is 62.2 Å². The standard InChI is InChI=1S/C17H13BrCl2F3N5O4S2/c18-16(15(31)17(21,22)23)10(30)8(9(29)14(32-16)33-6-2-1-3-24-4-6)28-5-7(26-27-28)13-25-11(19)12(20)34-13/h1-5,8-10,14-15,29-31H/t8-,9-,10-,14-,15?,16+/m1/s1. The van der Waals surface area contributed by atoms with Gasteiger partial charge in [0, 0.05) is 17.3 Å². The van der Waals surface area contributed by atoms with Crippen molar-refractivity contribution in [2.75, 3.05) is 0 Å². The first-order chi connectivity index (χ1) is 15.9. The molecule has 34 heavy (non-hydrogen) atoms. The summed E-state index contributed by atoms with van der Waals surface area (Å²) in [6, 6.07) is 1.67. The third kappa shape index (κ3) is 4.95. The fourth-order valence-corrected chi connectivity index (χ4v) is 6.26. The molecule has 184 valence electrons. The van der Waals surface area contributed by atoms with Crippen molar-refractivity contribution in [1.82, 2.24) is 25.0 Å². The van der Waals surface area contributed by atoms with Crippen molar-refractivity contribution in [3.8, 4) is 10.7 Å². The van der Waals surface area contributed by atoms with E-state index < -0.39 is 40.5 Å². The van der Waals surface area contributed by atoms with Crippen LogP contribution in [0, 0.1) is 0 Å². The number of aliphatic hydroxyl groups excluding tert-OH is 3. The van der Waals surface area contributed by atoms with Crippen LogP contribution < -0.4 is 0 Å². The molecule has 4 heterocycles. The molecule has 0 aromatic carbocycles. The summed E-state index contributed by atoms with van der Waals surface area (Å²) in [5.41, 5.74) is -1.23. The number of thioether (sulfide) groups is 1. The zero-order chi connectivity index (χ0) is 24.8. The Morgan fingerprint density at radius 3 is 2.65 bits per heavy atom. The average molecular weight is 623 g/mol. The maximum atomic E-state index is 13.5. The molecule has 1 unspecified atom stereocenters. The van der Waals surface area contributed by atoms with Gasteiger partial charge in [0.15, 0.2) is 15.8 Å². The molecule has 0 amide bonds. The molecule has 3 aromatic heterocycles. The molecule has 0 radical (unpaired) electrons. The Bertz CT molecular complexity index is 1140. The smallest absolute Gasteiger partial charge is 0.387 e. The molecule has 1 saturated heterocycles. The van der Waals surface area contributed by atoms with Crippen molar-refractivity contribution < 1.29 is 33.2 Å². The Kier molecular flexibility index (Phi) is 7.49. The number of ether oxygens (including phenoxy) is 1. The van der Waals surface area contributed by atoms with Crippen molar-refractivity contribution >= 4 is 62.2 Å². The average Bonchev–Trinajstić information content (AvgIpc) is 3.39. The molecule has 9 nitrogen and oxygen atoms in total. The van der Waals surface area contributed by atoms with Gasteiger partial charge in [-0.25, -0.2) is 9.67 Å². The molecular weight excluding hydrogens is 610 g/mol. The highest BCUT2D eigenvalue weighted by atomic mass is 79.9. The largest absolute Gasteiger partial charge is 0.418 e. The highest BCUT2D eigenvalue weighted by molar-refractivity contribution is 9.10. The molecule has 0 aliphatic carbocycles. The van der Waals surface area contributed by atoms with Crippen LogP contribution in [0.3, 0.4) is 0 Å². The summed E-state index contributed by atoms with van der Waals surface area (Å²) in [6.07, 6.45) is -7.87. The number of thiazole rings is 1. The summed E-state index contributed by atoms with van der Waals surface area (Å²) in [6.45, 7) is 0. The molecular formula is C17H13BrCl2F3N5O4S2. The first kappa shape index (κ1) is 26.0. The Labute approximate surface area is 216 Å². The van der Waals surface area contributed by atoms with E-state index in [1.54, 1.807) is 12.1 Å². The van der Waals surface area contributed by atoms with Crippen LogP contribution in [0.25, 0.3) is 10.7 Å². The van der Waals surface area contributed by atoms with E-state index in [1.807, 2.05) is 0 Å². The lowest BCUT2D eigenvalue weighted by atomic mass is 9.93. The van der Waals surface area contributed by atoms with Crippen LogP contribution in [0.5, 0.6) is 0 Å². The number of pyridine rings is 1. The second-order valence-corrected chi connectivity index (χ2v) is 11.4. The number of halogens is 6. The summed E-state index contributed by atoms with van der Waals surface area (Å²) < 4.78 is 44.3. The van der Waals surface area contributed by atoms with Gasteiger partial charge in [0.05, 0.1) is 6.20 Å². The second kappa shape index (κ2) is 9.78. The zero-order valence-corrected chi connectivity index (χ0v) is 21.1. The van der Waals surface area contributed by atoms with E-state index >= 15 is 0 Å². The summed E-state index contributed by atoms with van der Waals surface area (Å²) in [5.74, 6) is 0.